The van der Waals surface area contributed by atoms with Gasteiger partial charge in [0.15, 0.2) is 18.4 Å². The molecule has 2 heterocycles. The van der Waals surface area contributed by atoms with E-state index in [2.05, 4.69) is 13.8 Å². The predicted octanol–water partition coefficient (Wildman–Crippen LogP) is 2.27. The molecule has 0 radical (unpaired) electrons. The van der Waals surface area contributed by atoms with Crippen molar-refractivity contribution in [2.45, 2.75) is 76.8 Å². The lowest BCUT2D eigenvalue weighted by Gasteiger charge is -2.57. The van der Waals surface area contributed by atoms with Gasteiger partial charge in [0, 0.05) is 32.0 Å². The van der Waals surface area contributed by atoms with Gasteiger partial charge in [-0.1, -0.05) is 13.8 Å². The number of hydrogen-bond acceptors (Lipinski definition) is 6. The van der Waals surface area contributed by atoms with Crippen molar-refractivity contribution >= 4 is 0 Å². The summed E-state index contributed by atoms with van der Waals surface area (Å²) >= 11 is 0. The molecule has 3 unspecified atom stereocenters. The molecule has 25 heavy (non-hydrogen) atoms. The topological polar surface area (TPSA) is 77.4 Å². The molecule has 8 atom stereocenters. The van der Waals surface area contributed by atoms with Crippen molar-refractivity contribution in [2.24, 2.45) is 23.7 Å². The standard InChI is InChI=1S/C19H34O6/c1-12-6-7-15-13(2)16(23-11-5-10-22-4)24-17-19(15,21)14(12)8-9-18(3,20)25-17/h12-17,20-21H,5-11H2,1-4H3/t12-,13-,14?,15?,16?,17-,18+,19-/m1/s1. The lowest BCUT2D eigenvalue weighted by Crippen LogP contribution is -2.67. The largest absolute Gasteiger partial charge is 0.385 e. The first kappa shape index (κ1) is 19.5. The molecule has 2 N–H and O–H groups in total. The van der Waals surface area contributed by atoms with Crippen LogP contribution in [0.4, 0.5) is 0 Å². The van der Waals surface area contributed by atoms with E-state index in [1.54, 1.807) is 14.0 Å². The molecule has 6 heteroatoms. The van der Waals surface area contributed by atoms with Gasteiger partial charge in [0.25, 0.3) is 0 Å². The Morgan fingerprint density at radius 1 is 1.08 bits per heavy atom. The first-order chi connectivity index (χ1) is 11.8. The maximum atomic E-state index is 11.7. The van der Waals surface area contributed by atoms with Crippen LogP contribution in [0, 0.1) is 23.7 Å². The van der Waals surface area contributed by atoms with Crippen LogP contribution in [0.5, 0.6) is 0 Å². The highest BCUT2D eigenvalue weighted by molar-refractivity contribution is 5.06. The Hall–Kier alpha value is -0.240. The minimum atomic E-state index is -1.29. The smallest absolute Gasteiger partial charge is 0.193 e. The Morgan fingerprint density at radius 3 is 2.56 bits per heavy atom. The van der Waals surface area contributed by atoms with E-state index in [0.717, 1.165) is 25.7 Å². The van der Waals surface area contributed by atoms with E-state index in [0.29, 0.717) is 25.6 Å². The normalized spacial score (nSPS) is 50.2. The Morgan fingerprint density at radius 2 is 1.84 bits per heavy atom. The van der Waals surface area contributed by atoms with Crippen LogP contribution in [0.1, 0.15) is 52.9 Å². The highest BCUT2D eigenvalue weighted by Crippen LogP contribution is 2.55. The van der Waals surface area contributed by atoms with E-state index in [9.17, 15) is 10.2 Å². The van der Waals surface area contributed by atoms with E-state index in [1.165, 1.54) is 0 Å². The summed E-state index contributed by atoms with van der Waals surface area (Å²) in [7, 11) is 1.67. The average molecular weight is 358 g/mol. The summed E-state index contributed by atoms with van der Waals surface area (Å²) in [4.78, 5) is 0. The molecule has 0 aromatic carbocycles. The molecular weight excluding hydrogens is 324 g/mol. The molecule has 0 bridgehead atoms. The Bertz CT molecular complexity index is 455. The zero-order chi connectivity index (χ0) is 18.2. The summed E-state index contributed by atoms with van der Waals surface area (Å²) in [6, 6.07) is 0. The Balaban J connectivity index is 1.82. The molecular formula is C19H34O6. The van der Waals surface area contributed by atoms with E-state index in [4.69, 9.17) is 18.9 Å². The van der Waals surface area contributed by atoms with Crippen molar-refractivity contribution in [1.82, 2.24) is 0 Å². The third kappa shape index (κ3) is 3.62. The maximum Gasteiger partial charge on any atom is 0.193 e. The molecule has 3 fully saturated rings. The maximum absolute atomic E-state index is 11.7. The third-order valence-electron chi connectivity index (χ3n) is 6.56. The molecule has 2 saturated heterocycles. The van der Waals surface area contributed by atoms with Crippen LogP contribution in [0.2, 0.25) is 0 Å². The molecule has 0 spiro atoms. The molecule has 0 aromatic rings. The fourth-order valence-corrected chi connectivity index (χ4v) is 5.13. The monoisotopic (exact) mass is 358 g/mol. The summed E-state index contributed by atoms with van der Waals surface area (Å²) in [5.74, 6) is -0.707. The fraction of sp³-hybridized carbons (Fsp3) is 1.00. The molecule has 0 amide bonds. The van der Waals surface area contributed by atoms with E-state index in [1.807, 2.05) is 0 Å². The summed E-state index contributed by atoms with van der Waals surface area (Å²) in [5.41, 5.74) is -1.07. The van der Waals surface area contributed by atoms with E-state index < -0.39 is 24.0 Å². The van der Waals surface area contributed by atoms with Crippen LogP contribution in [0.3, 0.4) is 0 Å². The second-order valence-electron chi connectivity index (χ2n) is 8.40. The molecule has 6 nitrogen and oxygen atoms in total. The van der Waals surface area contributed by atoms with Gasteiger partial charge in [-0.15, -0.1) is 0 Å². The van der Waals surface area contributed by atoms with Gasteiger partial charge in [-0.25, -0.2) is 0 Å². The lowest BCUT2D eigenvalue weighted by atomic mass is 9.58. The number of aliphatic hydroxyl groups is 2. The van der Waals surface area contributed by atoms with Gasteiger partial charge in [-0.2, -0.15) is 0 Å². The zero-order valence-electron chi connectivity index (χ0n) is 15.9. The summed E-state index contributed by atoms with van der Waals surface area (Å²) in [6.07, 6.45) is 2.76. The lowest BCUT2D eigenvalue weighted by molar-refractivity contribution is -0.408. The van der Waals surface area contributed by atoms with Crippen LogP contribution >= 0.6 is 0 Å². The second-order valence-corrected chi connectivity index (χ2v) is 8.40. The first-order valence-corrected chi connectivity index (χ1v) is 9.68. The second kappa shape index (κ2) is 7.41. The van der Waals surface area contributed by atoms with Crippen LogP contribution < -0.4 is 0 Å². The van der Waals surface area contributed by atoms with Gasteiger partial charge in [0.1, 0.15) is 5.60 Å². The van der Waals surface area contributed by atoms with Crippen molar-refractivity contribution in [3.8, 4) is 0 Å². The predicted molar refractivity (Wildman–Crippen MR) is 91.5 cm³/mol. The van der Waals surface area contributed by atoms with Crippen molar-refractivity contribution in [2.75, 3.05) is 20.3 Å². The van der Waals surface area contributed by atoms with E-state index in [-0.39, 0.29) is 17.8 Å². The van der Waals surface area contributed by atoms with Gasteiger partial charge in [-0.05, 0) is 44.4 Å². The number of rotatable bonds is 5. The average Bonchev–Trinajstić information content (AvgIpc) is 2.64. The summed E-state index contributed by atoms with van der Waals surface area (Å²) < 4.78 is 23.0. The van der Waals surface area contributed by atoms with Crippen LogP contribution in [-0.2, 0) is 18.9 Å². The van der Waals surface area contributed by atoms with Gasteiger partial charge in [-0.3, -0.25) is 0 Å². The van der Waals surface area contributed by atoms with Crippen molar-refractivity contribution in [1.29, 1.82) is 0 Å². The summed E-state index contributed by atoms with van der Waals surface area (Å²) in [6.45, 7) is 7.12. The molecule has 2 aliphatic heterocycles. The van der Waals surface area contributed by atoms with Crippen LogP contribution in [0.15, 0.2) is 0 Å². The third-order valence-corrected chi connectivity index (χ3v) is 6.56. The van der Waals surface area contributed by atoms with Gasteiger partial charge in [0.2, 0.25) is 0 Å². The molecule has 0 aromatic heterocycles. The molecule has 3 rings (SSSR count). The molecule has 146 valence electrons. The van der Waals surface area contributed by atoms with E-state index >= 15 is 0 Å². The Labute approximate surface area is 150 Å². The number of methoxy groups -OCH3 is 1. The zero-order valence-corrected chi connectivity index (χ0v) is 15.9. The molecule has 1 aliphatic carbocycles. The Kier molecular flexibility index (Phi) is 5.78. The molecule has 3 aliphatic rings. The molecule has 1 saturated carbocycles. The van der Waals surface area contributed by atoms with Crippen LogP contribution in [0.25, 0.3) is 0 Å². The minimum absolute atomic E-state index is 0.0498. The van der Waals surface area contributed by atoms with Crippen molar-refractivity contribution < 1.29 is 29.2 Å². The van der Waals surface area contributed by atoms with Crippen LogP contribution in [-0.4, -0.2) is 54.5 Å². The van der Waals surface area contributed by atoms with Gasteiger partial charge in [0.05, 0.1) is 6.61 Å². The SMILES string of the molecule is COCCCOC1O[C@@H]2O[C@](C)(O)CCC3[C@H](C)CCC([C@H]1C)[C@]32O. The first-order valence-electron chi connectivity index (χ1n) is 9.68. The summed E-state index contributed by atoms with van der Waals surface area (Å²) in [5, 5.41) is 22.3. The fourth-order valence-electron chi connectivity index (χ4n) is 5.13. The van der Waals surface area contributed by atoms with Gasteiger partial charge < -0.3 is 29.2 Å². The minimum Gasteiger partial charge on any atom is -0.385 e. The van der Waals surface area contributed by atoms with Crippen molar-refractivity contribution in [3.05, 3.63) is 0 Å². The van der Waals surface area contributed by atoms with Gasteiger partial charge >= 0.3 is 0 Å². The quantitative estimate of drug-likeness (QED) is 0.734. The number of ether oxygens (including phenoxy) is 4. The number of hydrogen-bond donors (Lipinski definition) is 2. The van der Waals surface area contributed by atoms with Crippen molar-refractivity contribution in [3.63, 3.8) is 0 Å². The highest BCUT2D eigenvalue weighted by Gasteiger charge is 2.63. The highest BCUT2D eigenvalue weighted by atomic mass is 16.8.